The van der Waals surface area contributed by atoms with Crippen molar-refractivity contribution in [1.29, 1.82) is 0 Å². The summed E-state index contributed by atoms with van der Waals surface area (Å²) in [5.74, 6) is -1.76. The molecule has 0 radical (unpaired) electrons. The number of nitrogens with zero attached hydrogens (tertiary/aromatic N) is 2. The summed E-state index contributed by atoms with van der Waals surface area (Å²) in [4.78, 5) is 24.1. The first-order valence-corrected chi connectivity index (χ1v) is 10.3. The summed E-state index contributed by atoms with van der Waals surface area (Å²) in [6, 6.07) is 12.8. The van der Waals surface area contributed by atoms with E-state index in [1.165, 1.54) is 29.5 Å². The highest BCUT2D eigenvalue weighted by Crippen LogP contribution is 2.25. The third kappa shape index (κ3) is 5.16. The zero-order valence-electron chi connectivity index (χ0n) is 17.6. The summed E-state index contributed by atoms with van der Waals surface area (Å²) in [5.41, 5.74) is 8.93. The van der Waals surface area contributed by atoms with Gasteiger partial charge < -0.3 is 9.88 Å². The SMILES string of the molecule is Cc1ccc(-n2c(C)cc(/C=N\NC(=O)C(=O)Nc3ccc(Cl)c(Cl)c3)c2C)cc1C. The van der Waals surface area contributed by atoms with Crippen molar-refractivity contribution >= 4 is 46.9 Å². The Morgan fingerprint density at radius 2 is 1.65 bits per heavy atom. The van der Waals surface area contributed by atoms with E-state index in [0.717, 1.165) is 22.6 Å². The smallest absolute Gasteiger partial charge is 0.318 e. The van der Waals surface area contributed by atoms with E-state index in [-0.39, 0.29) is 5.02 Å². The molecule has 0 fully saturated rings. The first-order valence-electron chi connectivity index (χ1n) is 9.53. The van der Waals surface area contributed by atoms with Crippen LogP contribution in [-0.2, 0) is 9.59 Å². The molecule has 8 heteroatoms. The second kappa shape index (κ2) is 9.37. The van der Waals surface area contributed by atoms with Crippen molar-refractivity contribution in [2.24, 2.45) is 5.10 Å². The molecule has 0 unspecified atom stereocenters. The summed E-state index contributed by atoms with van der Waals surface area (Å²) in [5, 5.41) is 7.00. The van der Waals surface area contributed by atoms with Crippen LogP contribution in [0.1, 0.15) is 28.1 Å². The van der Waals surface area contributed by atoms with Crippen LogP contribution >= 0.6 is 23.2 Å². The highest BCUT2D eigenvalue weighted by atomic mass is 35.5. The monoisotopic (exact) mass is 456 g/mol. The van der Waals surface area contributed by atoms with Crippen molar-refractivity contribution in [3.05, 3.63) is 80.6 Å². The van der Waals surface area contributed by atoms with Crippen LogP contribution in [0.15, 0.2) is 47.6 Å². The van der Waals surface area contributed by atoms with E-state index in [1.807, 2.05) is 19.9 Å². The Morgan fingerprint density at radius 1 is 0.903 bits per heavy atom. The van der Waals surface area contributed by atoms with Crippen LogP contribution in [0.5, 0.6) is 0 Å². The van der Waals surface area contributed by atoms with Crippen molar-refractivity contribution in [3.63, 3.8) is 0 Å². The number of nitrogens with one attached hydrogen (secondary N) is 2. The maximum Gasteiger partial charge on any atom is 0.329 e. The summed E-state index contributed by atoms with van der Waals surface area (Å²) >= 11 is 11.7. The minimum Gasteiger partial charge on any atom is -0.318 e. The molecule has 0 bridgehead atoms. The number of amides is 2. The van der Waals surface area contributed by atoms with Gasteiger partial charge in [0.2, 0.25) is 0 Å². The molecular formula is C23H22Cl2N4O2. The third-order valence-electron chi connectivity index (χ3n) is 4.97. The fraction of sp³-hybridized carbons (Fsp3) is 0.174. The Bertz CT molecular complexity index is 1200. The molecule has 6 nitrogen and oxygen atoms in total. The second-order valence-electron chi connectivity index (χ2n) is 7.21. The maximum absolute atomic E-state index is 12.0. The van der Waals surface area contributed by atoms with Gasteiger partial charge in [-0.3, -0.25) is 9.59 Å². The lowest BCUT2D eigenvalue weighted by Gasteiger charge is -2.11. The van der Waals surface area contributed by atoms with Crippen molar-refractivity contribution in [2.75, 3.05) is 5.32 Å². The molecule has 2 N–H and O–H groups in total. The number of hydrogen-bond acceptors (Lipinski definition) is 3. The number of anilines is 1. The van der Waals surface area contributed by atoms with Gasteiger partial charge in [0.25, 0.3) is 0 Å². The molecule has 3 rings (SSSR count). The molecule has 0 aliphatic carbocycles. The lowest BCUT2D eigenvalue weighted by atomic mass is 10.1. The number of carbonyl (C=O) groups is 2. The first-order chi connectivity index (χ1) is 14.7. The summed E-state index contributed by atoms with van der Waals surface area (Å²) in [7, 11) is 0. The van der Waals surface area contributed by atoms with Crippen LogP contribution in [0.4, 0.5) is 5.69 Å². The average molecular weight is 457 g/mol. The van der Waals surface area contributed by atoms with Crippen LogP contribution in [0.3, 0.4) is 0 Å². The Balaban J connectivity index is 1.69. The van der Waals surface area contributed by atoms with Crippen LogP contribution in [0.25, 0.3) is 5.69 Å². The van der Waals surface area contributed by atoms with Gasteiger partial charge in [0.1, 0.15) is 0 Å². The highest BCUT2D eigenvalue weighted by molar-refractivity contribution is 6.42. The van der Waals surface area contributed by atoms with Gasteiger partial charge in [0.15, 0.2) is 0 Å². The minimum atomic E-state index is -0.898. The predicted octanol–water partition coefficient (Wildman–Crippen LogP) is 5.11. The highest BCUT2D eigenvalue weighted by Gasteiger charge is 2.14. The van der Waals surface area contributed by atoms with Gasteiger partial charge in [-0.2, -0.15) is 5.10 Å². The minimum absolute atomic E-state index is 0.275. The first kappa shape index (κ1) is 22.6. The Labute approximate surface area is 190 Å². The predicted molar refractivity (Wildman–Crippen MR) is 126 cm³/mol. The second-order valence-corrected chi connectivity index (χ2v) is 8.03. The molecule has 3 aromatic rings. The van der Waals surface area contributed by atoms with E-state index >= 15 is 0 Å². The Kier molecular flexibility index (Phi) is 6.83. The van der Waals surface area contributed by atoms with Crippen molar-refractivity contribution < 1.29 is 9.59 Å². The lowest BCUT2D eigenvalue weighted by Crippen LogP contribution is -2.32. The average Bonchev–Trinajstić information content (AvgIpc) is 3.00. The number of halogens is 2. The van der Waals surface area contributed by atoms with Gasteiger partial charge in [0, 0.05) is 28.3 Å². The van der Waals surface area contributed by atoms with Gasteiger partial charge in [-0.05, 0) is 75.2 Å². The molecule has 0 saturated heterocycles. The largest absolute Gasteiger partial charge is 0.329 e. The van der Waals surface area contributed by atoms with Crippen LogP contribution in [0.2, 0.25) is 10.0 Å². The number of aryl methyl sites for hydroxylation is 3. The molecule has 1 heterocycles. The van der Waals surface area contributed by atoms with Crippen molar-refractivity contribution in [2.45, 2.75) is 27.7 Å². The van der Waals surface area contributed by atoms with Gasteiger partial charge in [-0.25, -0.2) is 5.43 Å². The fourth-order valence-corrected chi connectivity index (χ4v) is 3.45. The molecule has 2 aromatic carbocycles. The topological polar surface area (TPSA) is 75.5 Å². The molecule has 0 aliphatic rings. The summed E-state index contributed by atoms with van der Waals surface area (Å²) in [6.07, 6.45) is 1.52. The Morgan fingerprint density at radius 3 is 2.32 bits per heavy atom. The van der Waals surface area contributed by atoms with Crippen LogP contribution < -0.4 is 10.7 Å². The number of rotatable bonds is 4. The van der Waals surface area contributed by atoms with Crippen LogP contribution in [0, 0.1) is 27.7 Å². The standard InChI is InChI=1S/C23H22Cl2N4O2/c1-13-5-7-19(9-14(13)2)29-15(3)10-17(16(29)4)12-26-28-23(31)22(30)27-18-6-8-20(24)21(25)11-18/h5-12H,1-4H3,(H,27,30)(H,28,31)/b26-12-. The molecule has 160 valence electrons. The molecule has 31 heavy (non-hydrogen) atoms. The maximum atomic E-state index is 12.0. The normalized spacial score (nSPS) is 11.0. The molecule has 0 aliphatic heterocycles. The molecule has 0 saturated carbocycles. The zero-order chi connectivity index (χ0) is 22.7. The van der Waals surface area contributed by atoms with E-state index in [9.17, 15) is 9.59 Å². The van der Waals surface area contributed by atoms with Gasteiger partial charge in [0.05, 0.1) is 16.3 Å². The zero-order valence-corrected chi connectivity index (χ0v) is 19.1. The lowest BCUT2D eigenvalue weighted by molar-refractivity contribution is -0.136. The van der Waals surface area contributed by atoms with Crippen molar-refractivity contribution in [1.82, 2.24) is 9.99 Å². The summed E-state index contributed by atoms with van der Waals surface area (Å²) < 4.78 is 2.12. The molecule has 2 amide bonds. The molecule has 0 atom stereocenters. The molecule has 1 aromatic heterocycles. The van der Waals surface area contributed by atoms with E-state index in [1.54, 1.807) is 6.07 Å². The number of benzene rings is 2. The molecular weight excluding hydrogens is 435 g/mol. The van der Waals surface area contributed by atoms with Gasteiger partial charge in [-0.1, -0.05) is 29.3 Å². The van der Waals surface area contributed by atoms with E-state index in [2.05, 4.69) is 52.5 Å². The summed E-state index contributed by atoms with van der Waals surface area (Å²) in [6.45, 7) is 8.13. The van der Waals surface area contributed by atoms with E-state index in [4.69, 9.17) is 23.2 Å². The fourth-order valence-electron chi connectivity index (χ4n) is 3.15. The van der Waals surface area contributed by atoms with Crippen molar-refractivity contribution in [3.8, 4) is 5.69 Å². The number of carbonyl (C=O) groups excluding carboxylic acids is 2. The quantitative estimate of drug-likeness (QED) is 0.325. The van der Waals surface area contributed by atoms with E-state index < -0.39 is 11.8 Å². The van der Waals surface area contributed by atoms with E-state index in [0.29, 0.717) is 10.7 Å². The number of hydrogen-bond donors (Lipinski definition) is 2. The van der Waals surface area contributed by atoms with Crippen LogP contribution in [-0.4, -0.2) is 22.6 Å². The Hall–Kier alpha value is -3.09. The third-order valence-corrected chi connectivity index (χ3v) is 5.71. The van der Waals surface area contributed by atoms with Gasteiger partial charge in [-0.15, -0.1) is 0 Å². The number of hydrazone groups is 1. The molecule has 0 spiro atoms. The number of aromatic nitrogens is 1. The van der Waals surface area contributed by atoms with Gasteiger partial charge >= 0.3 is 11.8 Å².